The fourth-order valence-corrected chi connectivity index (χ4v) is 4.98. The monoisotopic (exact) mass is 356 g/mol. The smallest absolute Gasteiger partial charge is 0.226 e. The van der Waals surface area contributed by atoms with Crippen molar-refractivity contribution in [3.8, 4) is 5.75 Å². The summed E-state index contributed by atoms with van der Waals surface area (Å²) in [6.07, 6.45) is 2.28. The summed E-state index contributed by atoms with van der Waals surface area (Å²) in [5.74, 6) is 1.67. The van der Waals surface area contributed by atoms with Gasteiger partial charge < -0.3 is 14.5 Å². The van der Waals surface area contributed by atoms with Crippen LogP contribution in [0.4, 0.5) is 0 Å². The summed E-state index contributed by atoms with van der Waals surface area (Å²) >= 11 is 0. The second-order valence-corrected chi connectivity index (χ2v) is 8.58. The molecule has 1 aliphatic heterocycles. The van der Waals surface area contributed by atoms with Gasteiger partial charge in [-0.2, -0.15) is 0 Å². The highest BCUT2D eigenvalue weighted by Crippen LogP contribution is 2.66. The molecule has 1 amide bonds. The Morgan fingerprint density at radius 3 is 2.77 bits per heavy atom. The molecule has 0 bridgehead atoms. The zero-order valence-electron chi connectivity index (χ0n) is 16.1. The van der Waals surface area contributed by atoms with E-state index in [1.807, 2.05) is 51.2 Å². The summed E-state index contributed by atoms with van der Waals surface area (Å²) in [5.41, 5.74) is 1.31. The number of likely N-dealkylation sites (N-methyl/N-ethyl adjacent to an activating group) is 2. The maximum absolute atomic E-state index is 12.9. The zero-order chi connectivity index (χ0) is 18.6. The van der Waals surface area contributed by atoms with Crippen LogP contribution in [0.2, 0.25) is 0 Å². The highest BCUT2D eigenvalue weighted by atomic mass is 16.5. The minimum atomic E-state index is -0.466. The number of aryl methyl sites for hydroxylation is 1. The van der Waals surface area contributed by atoms with Crippen LogP contribution in [-0.2, 0) is 4.79 Å². The standard InChI is InChI=1S/C21H28N2O3/c1-13-5-6-17-15(11-13)16(24)12-21(26-17)8-7-14-18(19(14)21)20(25)23(4)10-9-22(2)3/h5-6,11,14,18-19H,7-10,12H2,1-4H3. The summed E-state index contributed by atoms with van der Waals surface area (Å²) in [5, 5.41) is 0. The van der Waals surface area contributed by atoms with E-state index < -0.39 is 5.60 Å². The fraction of sp³-hybridized carbons (Fsp3) is 0.619. The van der Waals surface area contributed by atoms with Crippen molar-refractivity contribution < 1.29 is 14.3 Å². The van der Waals surface area contributed by atoms with E-state index in [0.29, 0.717) is 23.7 Å². The molecule has 4 unspecified atom stereocenters. The Kier molecular flexibility index (Phi) is 4.10. The van der Waals surface area contributed by atoms with E-state index in [-0.39, 0.29) is 23.5 Å². The van der Waals surface area contributed by atoms with Crippen LogP contribution in [0.1, 0.15) is 35.2 Å². The molecular formula is C21H28N2O3. The van der Waals surface area contributed by atoms with E-state index in [9.17, 15) is 9.59 Å². The van der Waals surface area contributed by atoms with Crippen LogP contribution in [0.5, 0.6) is 5.75 Å². The first-order valence-electron chi connectivity index (χ1n) is 9.55. The minimum absolute atomic E-state index is 0.0238. The predicted octanol–water partition coefficient (Wildman–Crippen LogP) is 2.38. The number of Topliss-reactive ketones (excluding diaryl/α,β-unsaturated/α-hetero) is 1. The highest BCUT2D eigenvalue weighted by Gasteiger charge is 2.70. The Morgan fingerprint density at radius 1 is 1.27 bits per heavy atom. The number of ketones is 1. The number of hydrogen-bond acceptors (Lipinski definition) is 4. The van der Waals surface area contributed by atoms with Crippen molar-refractivity contribution in [2.24, 2.45) is 17.8 Å². The average Bonchev–Trinajstić information content (AvgIpc) is 3.24. The van der Waals surface area contributed by atoms with Gasteiger partial charge in [-0.25, -0.2) is 0 Å². The van der Waals surface area contributed by atoms with Crippen molar-refractivity contribution >= 4 is 11.7 Å². The number of amides is 1. The fourth-order valence-electron chi connectivity index (χ4n) is 4.98. The molecule has 0 saturated heterocycles. The molecule has 5 nitrogen and oxygen atoms in total. The van der Waals surface area contributed by atoms with Crippen molar-refractivity contribution in [2.75, 3.05) is 34.2 Å². The molecule has 0 aromatic heterocycles. The van der Waals surface area contributed by atoms with Crippen molar-refractivity contribution in [2.45, 2.75) is 31.8 Å². The van der Waals surface area contributed by atoms with Crippen LogP contribution in [0.3, 0.4) is 0 Å². The predicted molar refractivity (Wildman–Crippen MR) is 99.4 cm³/mol. The van der Waals surface area contributed by atoms with Gasteiger partial charge in [0.05, 0.1) is 12.0 Å². The molecule has 2 saturated carbocycles. The molecule has 1 spiro atoms. The van der Waals surface area contributed by atoms with Gasteiger partial charge in [0.25, 0.3) is 0 Å². The van der Waals surface area contributed by atoms with Crippen molar-refractivity contribution in [3.63, 3.8) is 0 Å². The van der Waals surface area contributed by atoms with Crippen LogP contribution in [0.25, 0.3) is 0 Å². The number of hydrogen-bond donors (Lipinski definition) is 0. The quantitative estimate of drug-likeness (QED) is 0.831. The molecule has 5 heteroatoms. The highest BCUT2D eigenvalue weighted by molar-refractivity contribution is 6.01. The maximum atomic E-state index is 12.9. The molecule has 26 heavy (non-hydrogen) atoms. The van der Waals surface area contributed by atoms with Crippen LogP contribution in [0.15, 0.2) is 18.2 Å². The summed E-state index contributed by atoms with van der Waals surface area (Å²) in [6, 6.07) is 5.82. The van der Waals surface area contributed by atoms with Crippen molar-refractivity contribution in [1.82, 2.24) is 9.80 Å². The Morgan fingerprint density at radius 2 is 2.04 bits per heavy atom. The van der Waals surface area contributed by atoms with Crippen LogP contribution < -0.4 is 4.74 Å². The molecule has 2 aliphatic carbocycles. The first-order chi connectivity index (χ1) is 12.3. The Bertz CT molecular complexity index is 760. The van der Waals surface area contributed by atoms with Crippen molar-refractivity contribution in [3.05, 3.63) is 29.3 Å². The molecule has 140 valence electrons. The van der Waals surface area contributed by atoms with Gasteiger partial charge in [0, 0.05) is 32.0 Å². The number of rotatable bonds is 4. The number of fused-ring (bicyclic) bond motifs is 3. The lowest BCUT2D eigenvalue weighted by Crippen LogP contribution is -2.45. The first-order valence-corrected chi connectivity index (χ1v) is 9.55. The van der Waals surface area contributed by atoms with Crippen LogP contribution >= 0.6 is 0 Å². The van der Waals surface area contributed by atoms with Crippen LogP contribution in [-0.4, -0.2) is 61.3 Å². The second kappa shape index (κ2) is 6.08. The first kappa shape index (κ1) is 17.5. The number of ether oxygens (including phenoxy) is 1. The van der Waals surface area contributed by atoms with E-state index in [0.717, 1.165) is 31.5 Å². The summed E-state index contributed by atoms with van der Waals surface area (Å²) in [6.45, 7) is 3.58. The van der Waals surface area contributed by atoms with Gasteiger partial charge in [0.2, 0.25) is 5.91 Å². The molecule has 4 atom stereocenters. The van der Waals surface area contributed by atoms with Gasteiger partial charge in [0.1, 0.15) is 11.4 Å². The van der Waals surface area contributed by atoms with E-state index in [4.69, 9.17) is 4.74 Å². The molecule has 0 N–H and O–H groups in total. The molecule has 1 heterocycles. The normalized spacial score (nSPS) is 31.6. The molecule has 0 radical (unpaired) electrons. The van der Waals surface area contributed by atoms with Gasteiger partial charge in [-0.3, -0.25) is 9.59 Å². The number of carbonyl (C=O) groups is 2. The topological polar surface area (TPSA) is 49.9 Å². The molecular weight excluding hydrogens is 328 g/mol. The minimum Gasteiger partial charge on any atom is -0.486 e. The second-order valence-electron chi connectivity index (χ2n) is 8.58. The lowest BCUT2D eigenvalue weighted by molar-refractivity contribution is -0.133. The number of benzene rings is 1. The Labute approximate surface area is 155 Å². The van der Waals surface area contributed by atoms with Gasteiger partial charge in [-0.15, -0.1) is 0 Å². The molecule has 3 aliphatic rings. The lowest BCUT2D eigenvalue weighted by atomic mass is 9.84. The lowest BCUT2D eigenvalue weighted by Gasteiger charge is -2.37. The molecule has 1 aromatic rings. The molecule has 1 aromatic carbocycles. The third-order valence-corrected chi connectivity index (χ3v) is 6.43. The zero-order valence-corrected chi connectivity index (χ0v) is 16.1. The summed E-state index contributed by atoms with van der Waals surface area (Å²) in [4.78, 5) is 29.6. The van der Waals surface area contributed by atoms with Gasteiger partial charge in [-0.1, -0.05) is 11.6 Å². The number of carbonyl (C=O) groups excluding carboxylic acids is 2. The average molecular weight is 356 g/mol. The SMILES string of the molecule is Cc1ccc2c(c1)C(=O)CC1(CCC3C(C(=O)N(C)CCN(C)C)C31)O2. The van der Waals surface area contributed by atoms with Crippen molar-refractivity contribution in [1.29, 1.82) is 0 Å². The Balaban J connectivity index is 1.51. The van der Waals surface area contributed by atoms with Gasteiger partial charge >= 0.3 is 0 Å². The van der Waals surface area contributed by atoms with Gasteiger partial charge in [-0.05, 0) is 51.9 Å². The third-order valence-electron chi connectivity index (χ3n) is 6.43. The largest absolute Gasteiger partial charge is 0.486 e. The Hall–Kier alpha value is -1.88. The van der Waals surface area contributed by atoms with Crippen LogP contribution in [0, 0.1) is 24.7 Å². The van der Waals surface area contributed by atoms with E-state index in [2.05, 4.69) is 4.90 Å². The van der Waals surface area contributed by atoms with Gasteiger partial charge in [0.15, 0.2) is 5.78 Å². The van der Waals surface area contributed by atoms with E-state index in [1.54, 1.807) is 0 Å². The summed E-state index contributed by atoms with van der Waals surface area (Å²) in [7, 11) is 5.91. The van der Waals surface area contributed by atoms with E-state index >= 15 is 0 Å². The van der Waals surface area contributed by atoms with E-state index in [1.165, 1.54) is 0 Å². The maximum Gasteiger partial charge on any atom is 0.226 e. The summed E-state index contributed by atoms with van der Waals surface area (Å²) < 4.78 is 6.42. The number of nitrogens with zero attached hydrogens (tertiary/aromatic N) is 2. The molecule has 2 fully saturated rings. The third kappa shape index (κ3) is 2.73. The molecule has 4 rings (SSSR count).